The molecule has 134 valence electrons. The van der Waals surface area contributed by atoms with Crippen molar-refractivity contribution in [2.24, 2.45) is 0 Å². The smallest absolute Gasteiger partial charge is 0.119 e. The van der Waals surface area contributed by atoms with Crippen LogP contribution in [0.5, 0.6) is 5.75 Å². The van der Waals surface area contributed by atoms with Crippen molar-refractivity contribution in [3.8, 4) is 5.75 Å². The molecule has 2 aromatic rings. The average Bonchev–Trinajstić information content (AvgIpc) is 2.58. The summed E-state index contributed by atoms with van der Waals surface area (Å²) < 4.78 is 6.14. The van der Waals surface area contributed by atoms with Gasteiger partial charge in [-0.15, -0.1) is 0 Å². The minimum absolute atomic E-state index is 0.226. The molecular formula is C23H31NO. The van der Waals surface area contributed by atoms with Gasteiger partial charge < -0.3 is 4.74 Å². The Morgan fingerprint density at radius 1 is 0.920 bits per heavy atom. The van der Waals surface area contributed by atoms with Crippen molar-refractivity contribution in [1.29, 1.82) is 0 Å². The maximum absolute atomic E-state index is 6.14. The van der Waals surface area contributed by atoms with Crippen molar-refractivity contribution in [2.75, 3.05) is 13.1 Å². The van der Waals surface area contributed by atoms with Gasteiger partial charge in [0.1, 0.15) is 11.9 Å². The molecule has 0 saturated carbocycles. The standard InChI is InChI=1S/C23H31NO/c1-18-5-11-21(12-6-18)25-22-13-15-24(16-14-22)17-19-7-9-20(10-8-19)23(2,3)4/h5-12,22H,13-17H2,1-4H3. The number of hydrogen-bond acceptors (Lipinski definition) is 2. The molecular weight excluding hydrogens is 306 g/mol. The minimum atomic E-state index is 0.226. The molecule has 0 radical (unpaired) electrons. The molecule has 1 aliphatic heterocycles. The number of likely N-dealkylation sites (tertiary alicyclic amines) is 1. The average molecular weight is 338 g/mol. The zero-order valence-electron chi connectivity index (χ0n) is 16.1. The van der Waals surface area contributed by atoms with E-state index in [1.807, 2.05) is 0 Å². The van der Waals surface area contributed by atoms with Crippen molar-refractivity contribution < 1.29 is 4.74 Å². The molecule has 2 heteroatoms. The minimum Gasteiger partial charge on any atom is -0.490 e. The quantitative estimate of drug-likeness (QED) is 0.747. The second kappa shape index (κ2) is 7.61. The van der Waals surface area contributed by atoms with E-state index in [1.165, 1.54) is 16.7 Å². The fraction of sp³-hybridized carbons (Fsp3) is 0.478. The number of piperidine rings is 1. The Morgan fingerprint density at radius 2 is 1.52 bits per heavy atom. The van der Waals surface area contributed by atoms with Crippen LogP contribution < -0.4 is 4.74 Å². The first-order valence-electron chi connectivity index (χ1n) is 9.45. The van der Waals surface area contributed by atoms with Crippen LogP contribution in [0.1, 0.15) is 50.3 Å². The van der Waals surface area contributed by atoms with E-state index in [-0.39, 0.29) is 5.41 Å². The van der Waals surface area contributed by atoms with Crippen molar-refractivity contribution in [3.63, 3.8) is 0 Å². The largest absolute Gasteiger partial charge is 0.490 e. The van der Waals surface area contributed by atoms with Gasteiger partial charge in [-0.05, 0) is 48.4 Å². The molecule has 25 heavy (non-hydrogen) atoms. The molecule has 0 N–H and O–H groups in total. The zero-order chi connectivity index (χ0) is 17.9. The predicted octanol–water partition coefficient (Wildman–Crippen LogP) is 5.34. The summed E-state index contributed by atoms with van der Waals surface area (Å²) in [5.74, 6) is 1.00. The fourth-order valence-corrected chi connectivity index (χ4v) is 3.36. The highest BCUT2D eigenvalue weighted by Crippen LogP contribution is 2.24. The van der Waals surface area contributed by atoms with E-state index in [9.17, 15) is 0 Å². The molecule has 1 saturated heterocycles. The third kappa shape index (κ3) is 5.09. The molecule has 0 amide bonds. The van der Waals surface area contributed by atoms with E-state index >= 15 is 0 Å². The Labute approximate surface area is 152 Å². The van der Waals surface area contributed by atoms with Gasteiger partial charge in [-0.25, -0.2) is 0 Å². The summed E-state index contributed by atoms with van der Waals surface area (Å²) in [5, 5.41) is 0. The van der Waals surface area contributed by atoms with Crippen LogP contribution in [-0.2, 0) is 12.0 Å². The lowest BCUT2D eigenvalue weighted by Crippen LogP contribution is -2.37. The number of rotatable bonds is 4. The zero-order valence-corrected chi connectivity index (χ0v) is 16.1. The summed E-state index contributed by atoms with van der Waals surface area (Å²) >= 11 is 0. The highest BCUT2D eigenvalue weighted by Gasteiger charge is 2.21. The van der Waals surface area contributed by atoms with Crippen molar-refractivity contribution >= 4 is 0 Å². The SMILES string of the molecule is Cc1ccc(OC2CCN(Cc3ccc(C(C)(C)C)cc3)CC2)cc1. The summed E-state index contributed by atoms with van der Waals surface area (Å²) in [6.45, 7) is 12.2. The van der Waals surface area contributed by atoms with E-state index in [4.69, 9.17) is 4.74 Å². The molecule has 0 aliphatic carbocycles. The van der Waals surface area contributed by atoms with Crippen LogP contribution in [-0.4, -0.2) is 24.1 Å². The molecule has 0 aromatic heterocycles. The Morgan fingerprint density at radius 3 is 2.08 bits per heavy atom. The fourth-order valence-electron chi connectivity index (χ4n) is 3.36. The van der Waals surface area contributed by atoms with Crippen LogP contribution >= 0.6 is 0 Å². The van der Waals surface area contributed by atoms with Crippen LogP contribution in [0.3, 0.4) is 0 Å². The molecule has 3 rings (SSSR count). The molecule has 2 nitrogen and oxygen atoms in total. The normalized spacial score (nSPS) is 16.8. The molecule has 2 aromatic carbocycles. The molecule has 0 bridgehead atoms. The third-order valence-electron chi connectivity index (χ3n) is 5.08. The highest BCUT2D eigenvalue weighted by atomic mass is 16.5. The van der Waals surface area contributed by atoms with Gasteiger partial charge in [0.2, 0.25) is 0 Å². The van der Waals surface area contributed by atoms with Crippen LogP contribution in [0.2, 0.25) is 0 Å². The van der Waals surface area contributed by atoms with Gasteiger partial charge in [0.15, 0.2) is 0 Å². The summed E-state index contributed by atoms with van der Waals surface area (Å²) in [5.41, 5.74) is 4.32. The van der Waals surface area contributed by atoms with Gasteiger partial charge in [0.05, 0.1) is 0 Å². The first kappa shape index (κ1) is 18.0. The van der Waals surface area contributed by atoms with E-state index in [1.54, 1.807) is 0 Å². The van der Waals surface area contributed by atoms with Crippen LogP contribution in [0, 0.1) is 6.92 Å². The van der Waals surface area contributed by atoms with Crippen LogP contribution in [0.25, 0.3) is 0 Å². The van der Waals surface area contributed by atoms with Crippen molar-refractivity contribution in [3.05, 3.63) is 65.2 Å². The van der Waals surface area contributed by atoms with Gasteiger partial charge in [-0.2, -0.15) is 0 Å². The van der Waals surface area contributed by atoms with Gasteiger partial charge in [-0.1, -0.05) is 62.7 Å². The summed E-state index contributed by atoms with van der Waals surface area (Å²) in [6.07, 6.45) is 2.56. The summed E-state index contributed by atoms with van der Waals surface area (Å²) in [4.78, 5) is 2.54. The number of hydrogen-bond donors (Lipinski definition) is 0. The second-order valence-electron chi connectivity index (χ2n) is 8.35. The topological polar surface area (TPSA) is 12.5 Å². The van der Waals surface area contributed by atoms with Gasteiger partial charge in [0, 0.05) is 19.6 Å². The summed E-state index contributed by atoms with van der Waals surface area (Å²) in [6, 6.07) is 17.5. The maximum Gasteiger partial charge on any atom is 0.119 e. The van der Waals surface area contributed by atoms with Gasteiger partial charge >= 0.3 is 0 Å². The maximum atomic E-state index is 6.14. The Bertz CT molecular complexity index is 659. The monoisotopic (exact) mass is 337 g/mol. The molecule has 1 fully saturated rings. The number of benzene rings is 2. The lowest BCUT2D eigenvalue weighted by atomic mass is 9.86. The van der Waals surface area contributed by atoms with Gasteiger partial charge in [-0.3, -0.25) is 4.90 Å². The number of nitrogens with zero attached hydrogens (tertiary/aromatic N) is 1. The first-order valence-corrected chi connectivity index (χ1v) is 9.45. The molecule has 1 aliphatic rings. The van der Waals surface area contributed by atoms with E-state index in [0.717, 1.165) is 38.2 Å². The van der Waals surface area contributed by atoms with Gasteiger partial charge in [0.25, 0.3) is 0 Å². The highest BCUT2D eigenvalue weighted by molar-refractivity contribution is 5.28. The van der Waals surface area contributed by atoms with E-state index in [0.29, 0.717) is 6.10 Å². The number of ether oxygens (including phenoxy) is 1. The Balaban J connectivity index is 1.48. The summed E-state index contributed by atoms with van der Waals surface area (Å²) in [7, 11) is 0. The van der Waals surface area contributed by atoms with Crippen molar-refractivity contribution in [1.82, 2.24) is 4.90 Å². The predicted molar refractivity (Wildman–Crippen MR) is 105 cm³/mol. The molecule has 1 heterocycles. The molecule has 0 unspecified atom stereocenters. The Kier molecular flexibility index (Phi) is 5.48. The molecule has 0 spiro atoms. The first-order chi connectivity index (χ1) is 11.9. The van der Waals surface area contributed by atoms with E-state index < -0.39 is 0 Å². The van der Waals surface area contributed by atoms with Crippen LogP contribution in [0.15, 0.2) is 48.5 Å². The Hall–Kier alpha value is -1.80. The third-order valence-corrected chi connectivity index (χ3v) is 5.08. The van der Waals surface area contributed by atoms with Crippen molar-refractivity contribution in [2.45, 2.75) is 58.6 Å². The van der Waals surface area contributed by atoms with E-state index in [2.05, 4.69) is 81.1 Å². The second-order valence-corrected chi connectivity index (χ2v) is 8.35. The lowest BCUT2D eigenvalue weighted by Gasteiger charge is -2.32. The lowest BCUT2D eigenvalue weighted by molar-refractivity contribution is 0.0968. The molecule has 0 atom stereocenters. The number of aryl methyl sites for hydroxylation is 1. The van der Waals surface area contributed by atoms with Crippen LogP contribution in [0.4, 0.5) is 0 Å².